The lowest BCUT2D eigenvalue weighted by Gasteiger charge is -2.03. The van der Waals surface area contributed by atoms with Gasteiger partial charge in [-0.2, -0.15) is 0 Å². The van der Waals surface area contributed by atoms with Crippen LogP contribution >= 0.6 is 0 Å². The van der Waals surface area contributed by atoms with Gasteiger partial charge in [0.1, 0.15) is 5.75 Å². The molecule has 0 unspecified atom stereocenters. The fourth-order valence-corrected chi connectivity index (χ4v) is 1.35. The molecular formula is C10H12N4O. The second kappa shape index (κ2) is 3.61. The highest BCUT2D eigenvalue weighted by molar-refractivity contribution is 5.59. The van der Waals surface area contributed by atoms with Gasteiger partial charge in [-0.1, -0.05) is 12.1 Å². The summed E-state index contributed by atoms with van der Waals surface area (Å²) in [6.45, 7) is 0. The molecule has 0 spiro atoms. The fourth-order valence-electron chi connectivity index (χ4n) is 1.35. The van der Waals surface area contributed by atoms with Crippen LogP contribution in [0.3, 0.4) is 0 Å². The van der Waals surface area contributed by atoms with E-state index in [1.54, 1.807) is 11.7 Å². The largest absolute Gasteiger partial charge is 0.497 e. The van der Waals surface area contributed by atoms with Crippen LogP contribution in [0.5, 0.6) is 5.75 Å². The van der Waals surface area contributed by atoms with E-state index in [1.807, 2.05) is 31.3 Å². The molecule has 0 aliphatic heterocycles. The first kappa shape index (κ1) is 9.51. The van der Waals surface area contributed by atoms with Crippen molar-refractivity contribution in [1.29, 1.82) is 0 Å². The summed E-state index contributed by atoms with van der Waals surface area (Å²) in [6.07, 6.45) is 0. The summed E-state index contributed by atoms with van der Waals surface area (Å²) in [5.74, 6) is 1.91. The van der Waals surface area contributed by atoms with Gasteiger partial charge in [-0.3, -0.25) is 4.57 Å². The number of hydrogen-bond acceptors (Lipinski definition) is 4. The molecule has 0 fully saturated rings. The molecular weight excluding hydrogens is 192 g/mol. The Morgan fingerprint density at radius 3 is 2.73 bits per heavy atom. The Morgan fingerprint density at radius 1 is 1.33 bits per heavy atom. The first-order valence-electron chi connectivity index (χ1n) is 4.51. The van der Waals surface area contributed by atoms with E-state index in [0.29, 0.717) is 5.95 Å². The van der Waals surface area contributed by atoms with Crippen LogP contribution in [0.2, 0.25) is 0 Å². The van der Waals surface area contributed by atoms with Crippen LogP contribution in [0.4, 0.5) is 5.95 Å². The van der Waals surface area contributed by atoms with Crippen molar-refractivity contribution in [2.75, 3.05) is 12.8 Å². The minimum atomic E-state index is 0.396. The molecule has 0 radical (unpaired) electrons. The zero-order valence-electron chi connectivity index (χ0n) is 8.64. The van der Waals surface area contributed by atoms with Crippen molar-refractivity contribution in [2.45, 2.75) is 0 Å². The highest BCUT2D eigenvalue weighted by Gasteiger charge is 2.08. The van der Waals surface area contributed by atoms with Crippen molar-refractivity contribution in [1.82, 2.24) is 14.8 Å². The van der Waals surface area contributed by atoms with Gasteiger partial charge in [0, 0.05) is 12.6 Å². The van der Waals surface area contributed by atoms with E-state index in [0.717, 1.165) is 17.1 Å². The lowest BCUT2D eigenvalue weighted by molar-refractivity contribution is 0.415. The van der Waals surface area contributed by atoms with E-state index in [4.69, 9.17) is 10.5 Å². The molecule has 5 heteroatoms. The van der Waals surface area contributed by atoms with Crippen molar-refractivity contribution in [2.24, 2.45) is 7.05 Å². The lowest BCUT2D eigenvalue weighted by atomic mass is 10.2. The predicted octanol–water partition coefficient (Wildman–Crippen LogP) is 1.07. The van der Waals surface area contributed by atoms with Crippen molar-refractivity contribution in [3.8, 4) is 17.1 Å². The second-order valence-corrected chi connectivity index (χ2v) is 3.17. The number of ether oxygens (including phenoxy) is 1. The maximum absolute atomic E-state index is 5.61. The standard InChI is InChI=1S/C10H12N4O/c1-14-9(12-13-10(14)11)7-4-3-5-8(6-7)15-2/h3-6H,1-2H3,(H2,11,13). The first-order valence-corrected chi connectivity index (χ1v) is 4.51. The summed E-state index contributed by atoms with van der Waals surface area (Å²) in [5.41, 5.74) is 6.54. The van der Waals surface area contributed by atoms with Crippen molar-refractivity contribution >= 4 is 5.95 Å². The van der Waals surface area contributed by atoms with Crippen LogP contribution in [0.15, 0.2) is 24.3 Å². The van der Waals surface area contributed by atoms with Gasteiger partial charge in [0.2, 0.25) is 5.95 Å². The molecule has 0 amide bonds. The minimum absolute atomic E-state index is 0.396. The van der Waals surface area contributed by atoms with E-state index >= 15 is 0 Å². The smallest absolute Gasteiger partial charge is 0.222 e. The number of hydrogen-bond donors (Lipinski definition) is 1. The zero-order chi connectivity index (χ0) is 10.8. The van der Waals surface area contributed by atoms with E-state index in [2.05, 4.69) is 10.2 Å². The molecule has 78 valence electrons. The molecule has 1 aromatic carbocycles. The number of nitrogens with zero attached hydrogens (tertiary/aromatic N) is 3. The van der Waals surface area contributed by atoms with Crippen LogP contribution < -0.4 is 10.5 Å². The maximum Gasteiger partial charge on any atom is 0.222 e. The number of nitrogen functional groups attached to an aromatic ring is 1. The van der Waals surface area contributed by atoms with Crippen molar-refractivity contribution < 1.29 is 4.74 Å². The van der Waals surface area contributed by atoms with Gasteiger partial charge in [0.15, 0.2) is 5.82 Å². The van der Waals surface area contributed by atoms with Crippen LogP contribution in [0.1, 0.15) is 0 Å². The van der Waals surface area contributed by atoms with Gasteiger partial charge < -0.3 is 10.5 Å². The average Bonchev–Trinajstić information content (AvgIpc) is 2.60. The van der Waals surface area contributed by atoms with Gasteiger partial charge in [0.25, 0.3) is 0 Å². The van der Waals surface area contributed by atoms with Gasteiger partial charge >= 0.3 is 0 Å². The summed E-state index contributed by atoms with van der Waals surface area (Å²) in [6, 6.07) is 7.61. The number of methoxy groups -OCH3 is 1. The number of aromatic nitrogens is 3. The Hall–Kier alpha value is -2.04. The van der Waals surface area contributed by atoms with Gasteiger partial charge in [-0.25, -0.2) is 0 Å². The first-order chi connectivity index (χ1) is 7.22. The topological polar surface area (TPSA) is 66.0 Å². The number of nitrogens with two attached hydrogens (primary N) is 1. The van der Waals surface area contributed by atoms with Crippen LogP contribution in [0, 0.1) is 0 Å². The summed E-state index contributed by atoms with van der Waals surface area (Å²) in [5, 5.41) is 7.79. The van der Waals surface area contributed by atoms with Crippen LogP contribution in [-0.4, -0.2) is 21.9 Å². The Kier molecular flexibility index (Phi) is 2.29. The molecule has 1 aromatic heterocycles. The van der Waals surface area contributed by atoms with Gasteiger partial charge in [0.05, 0.1) is 7.11 Å². The van der Waals surface area contributed by atoms with Crippen molar-refractivity contribution in [3.05, 3.63) is 24.3 Å². The monoisotopic (exact) mass is 204 g/mol. The normalized spacial score (nSPS) is 10.3. The van der Waals surface area contributed by atoms with E-state index in [9.17, 15) is 0 Å². The predicted molar refractivity (Wildman–Crippen MR) is 57.4 cm³/mol. The highest BCUT2D eigenvalue weighted by atomic mass is 16.5. The van der Waals surface area contributed by atoms with Crippen molar-refractivity contribution in [3.63, 3.8) is 0 Å². The summed E-state index contributed by atoms with van der Waals surface area (Å²) in [4.78, 5) is 0. The quantitative estimate of drug-likeness (QED) is 0.794. The summed E-state index contributed by atoms with van der Waals surface area (Å²) in [7, 11) is 3.45. The molecule has 0 bridgehead atoms. The molecule has 0 aliphatic rings. The Morgan fingerprint density at radius 2 is 2.13 bits per heavy atom. The third-order valence-electron chi connectivity index (χ3n) is 2.24. The average molecular weight is 204 g/mol. The molecule has 5 nitrogen and oxygen atoms in total. The number of benzene rings is 1. The van der Waals surface area contributed by atoms with Crippen LogP contribution in [0.25, 0.3) is 11.4 Å². The second-order valence-electron chi connectivity index (χ2n) is 3.17. The molecule has 0 saturated heterocycles. The Balaban J connectivity index is 2.49. The third-order valence-corrected chi connectivity index (χ3v) is 2.24. The minimum Gasteiger partial charge on any atom is -0.497 e. The van der Waals surface area contributed by atoms with E-state index < -0.39 is 0 Å². The number of rotatable bonds is 2. The van der Waals surface area contributed by atoms with Crippen LogP contribution in [-0.2, 0) is 7.05 Å². The molecule has 0 aliphatic carbocycles. The maximum atomic E-state index is 5.61. The lowest BCUT2D eigenvalue weighted by Crippen LogP contribution is -1.98. The van der Waals surface area contributed by atoms with Gasteiger partial charge in [-0.15, -0.1) is 10.2 Å². The Labute approximate surface area is 87.5 Å². The molecule has 2 rings (SSSR count). The molecule has 1 heterocycles. The Bertz CT molecular complexity index is 478. The zero-order valence-corrected chi connectivity index (χ0v) is 8.64. The fraction of sp³-hybridized carbons (Fsp3) is 0.200. The summed E-state index contributed by atoms with van der Waals surface area (Å²) >= 11 is 0. The molecule has 2 aromatic rings. The highest BCUT2D eigenvalue weighted by Crippen LogP contribution is 2.22. The molecule has 15 heavy (non-hydrogen) atoms. The molecule has 2 N–H and O–H groups in total. The SMILES string of the molecule is COc1cccc(-c2nnc(N)n2C)c1. The van der Waals surface area contributed by atoms with E-state index in [-0.39, 0.29) is 0 Å². The third kappa shape index (κ3) is 1.63. The summed E-state index contributed by atoms with van der Waals surface area (Å²) < 4.78 is 6.87. The number of anilines is 1. The molecule has 0 atom stereocenters. The van der Waals surface area contributed by atoms with Gasteiger partial charge in [-0.05, 0) is 12.1 Å². The van der Waals surface area contributed by atoms with E-state index in [1.165, 1.54) is 0 Å². The molecule has 0 saturated carbocycles.